The standard InChI is InChI=1S/C2H2N4O2.Na/c7-2(8)1-3-5-6-4-1;/h(H,7,8)(H,3,4,5,6);/q;+1/p-1. The van der Waals surface area contributed by atoms with Crippen molar-refractivity contribution in [3.05, 3.63) is 5.82 Å². The van der Waals surface area contributed by atoms with Crippen molar-refractivity contribution in [2.24, 2.45) is 0 Å². The molecule has 0 amide bonds. The topological polar surface area (TPSA) is 94.6 Å². The molecular formula is C2HN4NaO2. The number of carboxylic acid groups (broad SMARTS) is 1. The number of carbonyl (C=O) groups excluding carboxylic acids is 1. The van der Waals surface area contributed by atoms with E-state index in [4.69, 9.17) is 0 Å². The van der Waals surface area contributed by atoms with Crippen LogP contribution in [0.5, 0.6) is 0 Å². The summed E-state index contributed by atoms with van der Waals surface area (Å²) in [6.45, 7) is 0. The first-order chi connectivity index (χ1) is 3.80. The maximum absolute atomic E-state index is 9.78. The van der Waals surface area contributed by atoms with Crippen molar-refractivity contribution in [2.75, 3.05) is 0 Å². The van der Waals surface area contributed by atoms with E-state index in [0.717, 1.165) is 0 Å². The summed E-state index contributed by atoms with van der Waals surface area (Å²) in [5.74, 6) is -1.76. The largest absolute Gasteiger partial charge is 1.00 e. The van der Waals surface area contributed by atoms with Crippen LogP contribution in [0.15, 0.2) is 0 Å². The van der Waals surface area contributed by atoms with Crippen molar-refractivity contribution in [3.63, 3.8) is 0 Å². The summed E-state index contributed by atoms with van der Waals surface area (Å²) in [6, 6.07) is 0. The van der Waals surface area contributed by atoms with Crippen molar-refractivity contribution in [1.82, 2.24) is 20.6 Å². The minimum atomic E-state index is -1.41. The summed E-state index contributed by atoms with van der Waals surface area (Å²) < 4.78 is 0. The minimum absolute atomic E-state index is 0. The summed E-state index contributed by atoms with van der Waals surface area (Å²) in [4.78, 5) is 9.78. The van der Waals surface area contributed by atoms with Gasteiger partial charge < -0.3 is 9.90 Å². The molecule has 42 valence electrons. The SMILES string of the molecule is O=C([O-])c1nnn[nH]1.[Na+]. The molecule has 6 nitrogen and oxygen atoms in total. The number of aromatic carboxylic acids is 1. The molecule has 0 aliphatic carbocycles. The van der Waals surface area contributed by atoms with Crippen LogP contribution in [0.4, 0.5) is 0 Å². The van der Waals surface area contributed by atoms with Crippen molar-refractivity contribution in [3.8, 4) is 0 Å². The molecule has 1 rings (SSSR count). The van der Waals surface area contributed by atoms with Gasteiger partial charge in [0.25, 0.3) is 0 Å². The predicted molar refractivity (Wildman–Crippen MR) is 18.5 cm³/mol. The fourth-order valence-corrected chi connectivity index (χ4v) is 0.246. The number of hydrogen-bond donors (Lipinski definition) is 1. The molecule has 0 fully saturated rings. The minimum Gasteiger partial charge on any atom is -0.541 e. The van der Waals surface area contributed by atoms with Crippen LogP contribution >= 0.6 is 0 Å². The van der Waals surface area contributed by atoms with Gasteiger partial charge in [0.05, 0.1) is 0 Å². The van der Waals surface area contributed by atoms with E-state index >= 15 is 0 Å². The van der Waals surface area contributed by atoms with E-state index in [2.05, 4.69) is 15.5 Å². The first-order valence-electron chi connectivity index (χ1n) is 1.76. The van der Waals surface area contributed by atoms with E-state index in [1.165, 1.54) is 0 Å². The average Bonchev–Trinajstić information content (AvgIpc) is 2.12. The van der Waals surface area contributed by atoms with Crippen LogP contribution in [0.3, 0.4) is 0 Å². The molecule has 1 heterocycles. The molecule has 0 saturated carbocycles. The molecule has 0 aromatic carbocycles. The number of rotatable bonds is 1. The van der Waals surface area contributed by atoms with Gasteiger partial charge in [0, 0.05) is 0 Å². The Kier molecular flexibility index (Phi) is 3.36. The van der Waals surface area contributed by atoms with Crippen molar-refractivity contribution in [1.29, 1.82) is 0 Å². The quantitative estimate of drug-likeness (QED) is 0.389. The maximum atomic E-state index is 9.78. The Morgan fingerprint density at radius 3 is 2.56 bits per heavy atom. The molecule has 0 atom stereocenters. The Labute approximate surface area is 71.9 Å². The summed E-state index contributed by atoms with van der Waals surface area (Å²) >= 11 is 0. The van der Waals surface area contributed by atoms with Crippen LogP contribution in [0.1, 0.15) is 10.6 Å². The Morgan fingerprint density at radius 2 is 2.33 bits per heavy atom. The van der Waals surface area contributed by atoms with Crippen LogP contribution in [-0.4, -0.2) is 26.6 Å². The van der Waals surface area contributed by atoms with Crippen LogP contribution in [-0.2, 0) is 0 Å². The van der Waals surface area contributed by atoms with Gasteiger partial charge in [-0.05, 0) is 10.4 Å². The third kappa shape index (κ3) is 2.08. The van der Waals surface area contributed by atoms with Gasteiger partial charge in [0.15, 0.2) is 5.82 Å². The Hall–Kier alpha value is -0.460. The van der Waals surface area contributed by atoms with E-state index in [1.807, 2.05) is 5.10 Å². The molecule has 9 heavy (non-hydrogen) atoms. The van der Waals surface area contributed by atoms with Crippen molar-refractivity contribution in [2.45, 2.75) is 0 Å². The van der Waals surface area contributed by atoms with E-state index in [9.17, 15) is 9.90 Å². The van der Waals surface area contributed by atoms with Gasteiger partial charge in [-0.2, -0.15) is 0 Å². The number of tetrazole rings is 1. The Bertz CT molecular complexity index is 184. The second-order valence-electron chi connectivity index (χ2n) is 1.04. The van der Waals surface area contributed by atoms with Crippen LogP contribution in [0, 0.1) is 0 Å². The molecule has 0 bridgehead atoms. The maximum Gasteiger partial charge on any atom is 1.00 e. The number of nitrogens with one attached hydrogen (secondary N) is 1. The zero-order valence-corrected chi connectivity index (χ0v) is 6.66. The number of aromatic nitrogens is 4. The molecule has 0 saturated heterocycles. The molecule has 1 N–H and O–H groups in total. The Balaban J connectivity index is 0.000000640. The first kappa shape index (κ1) is 8.54. The molecule has 1 aromatic rings. The Morgan fingerprint density at radius 1 is 1.67 bits per heavy atom. The summed E-state index contributed by atoms with van der Waals surface area (Å²) in [6.07, 6.45) is 0. The van der Waals surface area contributed by atoms with E-state index in [1.54, 1.807) is 0 Å². The van der Waals surface area contributed by atoms with Gasteiger partial charge in [-0.3, -0.25) is 0 Å². The smallest absolute Gasteiger partial charge is 0.541 e. The monoisotopic (exact) mass is 136 g/mol. The summed E-state index contributed by atoms with van der Waals surface area (Å²) in [5, 5.41) is 20.8. The van der Waals surface area contributed by atoms with Gasteiger partial charge in [-0.15, -0.1) is 5.10 Å². The predicted octanol–water partition coefficient (Wildman–Crippen LogP) is -5.43. The zero-order chi connectivity index (χ0) is 5.98. The molecular weight excluding hydrogens is 135 g/mol. The second-order valence-corrected chi connectivity index (χ2v) is 1.04. The van der Waals surface area contributed by atoms with E-state index < -0.39 is 5.97 Å². The fraction of sp³-hybridized carbons (Fsp3) is 0. The summed E-state index contributed by atoms with van der Waals surface area (Å²) in [7, 11) is 0. The molecule has 0 radical (unpaired) electrons. The van der Waals surface area contributed by atoms with Crippen LogP contribution in [0.25, 0.3) is 0 Å². The molecule has 0 aliphatic heterocycles. The van der Waals surface area contributed by atoms with Crippen molar-refractivity contribution >= 4 is 5.97 Å². The number of hydrogen-bond acceptors (Lipinski definition) is 5. The molecule has 1 aromatic heterocycles. The van der Waals surface area contributed by atoms with Gasteiger partial charge in [0.2, 0.25) is 0 Å². The van der Waals surface area contributed by atoms with Crippen LogP contribution < -0.4 is 34.7 Å². The summed E-state index contributed by atoms with van der Waals surface area (Å²) in [5.41, 5.74) is 0. The van der Waals surface area contributed by atoms with Crippen LogP contribution in [0.2, 0.25) is 0 Å². The normalized spacial score (nSPS) is 8.00. The number of H-pyrrole nitrogens is 1. The number of carbonyl (C=O) groups is 1. The number of carboxylic acids is 1. The van der Waals surface area contributed by atoms with E-state index in [0.29, 0.717) is 0 Å². The van der Waals surface area contributed by atoms with Gasteiger partial charge >= 0.3 is 29.6 Å². The third-order valence-electron chi connectivity index (χ3n) is 0.539. The molecule has 0 unspecified atom stereocenters. The molecule has 0 spiro atoms. The van der Waals surface area contributed by atoms with Gasteiger partial charge in [0.1, 0.15) is 5.97 Å². The van der Waals surface area contributed by atoms with Crippen molar-refractivity contribution < 1.29 is 39.5 Å². The number of aromatic amines is 1. The average molecular weight is 136 g/mol. The second kappa shape index (κ2) is 3.54. The molecule has 7 heteroatoms. The fourth-order valence-electron chi connectivity index (χ4n) is 0.246. The van der Waals surface area contributed by atoms with Gasteiger partial charge in [-0.25, -0.2) is 5.10 Å². The van der Waals surface area contributed by atoms with Gasteiger partial charge in [-0.1, -0.05) is 0 Å². The third-order valence-corrected chi connectivity index (χ3v) is 0.539. The van der Waals surface area contributed by atoms with E-state index in [-0.39, 0.29) is 35.4 Å². The zero-order valence-electron chi connectivity index (χ0n) is 4.66. The first-order valence-corrected chi connectivity index (χ1v) is 1.76. The molecule has 0 aliphatic rings. The number of nitrogens with zero attached hydrogens (tertiary/aromatic N) is 3.